The molecule has 164 valence electrons. The number of aromatic nitrogens is 2. The van der Waals surface area contributed by atoms with Crippen molar-refractivity contribution in [2.75, 3.05) is 16.0 Å². The number of amides is 2. The molecule has 3 aromatic rings. The molecule has 2 heterocycles. The van der Waals surface area contributed by atoms with Crippen molar-refractivity contribution in [1.82, 2.24) is 9.97 Å². The van der Waals surface area contributed by atoms with Crippen molar-refractivity contribution >= 4 is 34.7 Å². The van der Waals surface area contributed by atoms with Crippen LogP contribution in [0.2, 0.25) is 0 Å². The van der Waals surface area contributed by atoms with E-state index >= 15 is 0 Å². The van der Waals surface area contributed by atoms with Gasteiger partial charge in [0.15, 0.2) is 0 Å². The number of nitrogens with two attached hydrogens (primary N) is 1. The predicted octanol–water partition coefficient (Wildman–Crippen LogP) is 3.81. The Bertz CT molecular complexity index is 1160. The first-order valence-corrected chi connectivity index (χ1v) is 10.2. The van der Waals surface area contributed by atoms with Gasteiger partial charge in [-0.15, -0.1) is 0 Å². The maximum absolute atomic E-state index is 13.3. The molecule has 0 spiro atoms. The lowest BCUT2D eigenvalue weighted by Gasteiger charge is -2.13. The smallest absolute Gasteiger partial charge is 0.252 e. The molecular formula is C23H23FN6O2. The number of pyridine rings is 2. The highest BCUT2D eigenvalue weighted by Crippen LogP contribution is 2.45. The van der Waals surface area contributed by atoms with Crippen LogP contribution in [0.5, 0.6) is 0 Å². The number of hydrogen-bond acceptors (Lipinski definition) is 6. The van der Waals surface area contributed by atoms with Gasteiger partial charge >= 0.3 is 0 Å². The number of hydrogen-bond donors (Lipinski definition) is 4. The highest BCUT2D eigenvalue weighted by atomic mass is 19.1. The first-order chi connectivity index (χ1) is 15.3. The van der Waals surface area contributed by atoms with Crippen molar-refractivity contribution in [2.24, 2.45) is 11.1 Å². The Balaban J connectivity index is 1.45. The molecule has 0 atom stereocenters. The molecule has 5 N–H and O–H groups in total. The first-order valence-electron chi connectivity index (χ1n) is 10.2. The van der Waals surface area contributed by atoms with E-state index in [-0.39, 0.29) is 23.4 Å². The Hall–Kier alpha value is -4.01. The molecule has 2 amide bonds. The van der Waals surface area contributed by atoms with Crippen LogP contribution in [0.4, 0.5) is 27.3 Å². The average Bonchev–Trinajstić information content (AvgIpc) is 3.52. The van der Waals surface area contributed by atoms with Gasteiger partial charge in [-0.05, 0) is 49.2 Å². The molecule has 4 rings (SSSR count). The Morgan fingerprint density at radius 2 is 1.84 bits per heavy atom. The molecule has 1 aliphatic carbocycles. The maximum Gasteiger partial charge on any atom is 0.252 e. The molecule has 1 saturated carbocycles. The summed E-state index contributed by atoms with van der Waals surface area (Å²) in [5.74, 6) is -0.706. The second kappa shape index (κ2) is 8.62. The average molecular weight is 434 g/mol. The van der Waals surface area contributed by atoms with Gasteiger partial charge in [0.1, 0.15) is 5.82 Å². The molecular weight excluding hydrogens is 411 g/mol. The van der Waals surface area contributed by atoms with Gasteiger partial charge < -0.3 is 21.7 Å². The largest absolute Gasteiger partial charge is 0.379 e. The van der Waals surface area contributed by atoms with Crippen molar-refractivity contribution < 1.29 is 14.0 Å². The highest BCUT2D eigenvalue weighted by molar-refractivity contribution is 5.99. The molecule has 1 aromatic carbocycles. The number of carbonyl (C=O) groups is 2. The molecule has 32 heavy (non-hydrogen) atoms. The van der Waals surface area contributed by atoms with Gasteiger partial charge in [0.05, 0.1) is 23.5 Å². The SMILES string of the molecule is CC1(C(=O)Nc2ccc(Nc3cc(NCc4cccc(F)n4)c(C(N)=O)cn3)cc2)CC1. The lowest BCUT2D eigenvalue weighted by Crippen LogP contribution is -2.21. The zero-order chi connectivity index (χ0) is 22.7. The second-order valence-corrected chi connectivity index (χ2v) is 8.00. The van der Waals surface area contributed by atoms with Gasteiger partial charge in [0.2, 0.25) is 11.9 Å². The fourth-order valence-corrected chi connectivity index (χ4v) is 3.08. The zero-order valence-electron chi connectivity index (χ0n) is 17.5. The van der Waals surface area contributed by atoms with Crippen molar-refractivity contribution in [1.29, 1.82) is 0 Å². The van der Waals surface area contributed by atoms with Crippen LogP contribution in [0.25, 0.3) is 0 Å². The van der Waals surface area contributed by atoms with E-state index in [0.717, 1.165) is 24.2 Å². The van der Waals surface area contributed by atoms with Gasteiger partial charge in [0.25, 0.3) is 5.91 Å². The van der Waals surface area contributed by atoms with E-state index in [1.54, 1.807) is 30.3 Å². The molecule has 8 nitrogen and oxygen atoms in total. The van der Waals surface area contributed by atoms with E-state index < -0.39 is 11.9 Å². The van der Waals surface area contributed by atoms with Gasteiger partial charge in [-0.1, -0.05) is 13.0 Å². The van der Waals surface area contributed by atoms with Crippen LogP contribution in [0, 0.1) is 11.4 Å². The van der Waals surface area contributed by atoms with Crippen LogP contribution in [0.15, 0.2) is 54.7 Å². The number of rotatable bonds is 8. The fraction of sp³-hybridized carbons (Fsp3) is 0.217. The summed E-state index contributed by atoms with van der Waals surface area (Å²) in [6.45, 7) is 2.16. The number of benzene rings is 1. The van der Waals surface area contributed by atoms with E-state index in [4.69, 9.17) is 5.73 Å². The van der Waals surface area contributed by atoms with Crippen molar-refractivity contribution in [3.8, 4) is 0 Å². The van der Waals surface area contributed by atoms with Gasteiger partial charge in [-0.2, -0.15) is 4.39 Å². The molecule has 0 radical (unpaired) electrons. The summed E-state index contributed by atoms with van der Waals surface area (Å²) >= 11 is 0. The fourth-order valence-electron chi connectivity index (χ4n) is 3.08. The topological polar surface area (TPSA) is 122 Å². The molecule has 9 heteroatoms. The summed E-state index contributed by atoms with van der Waals surface area (Å²) in [5, 5.41) is 9.13. The summed E-state index contributed by atoms with van der Waals surface area (Å²) in [7, 11) is 0. The number of nitrogens with one attached hydrogen (secondary N) is 3. The van der Waals surface area contributed by atoms with E-state index in [9.17, 15) is 14.0 Å². The predicted molar refractivity (Wildman–Crippen MR) is 120 cm³/mol. The molecule has 1 aliphatic rings. The van der Waals surface area contributed by atoms with Crippen LogP contribution in [0.1, 0.15) is 35.8 Å². The molecule has 0 saturated heterocycles. The third-order valence-electron chi connectivity index (χ3n) is 5.37. The third kappa shape index (κ3) is 5.00. The summed E-state index contributed by atoms with van der Waals surface area (Å²) in [6, 6.07) is 13.4. The van der Waals surface area contributed by atoms with E-state index in [0.29, 0.717) is 17.2 Å². The van der Waals surface area contributed by atoms with Crippen molar-refractivity contribution in [3.63, 3.8) is 0 Å². The van der Waals surface area contributed by atoms with E-state index in [2.05, 4.69) is 25.9 Å². The summed E-state index contributed by atoms with van der Waals surface area (Å²) in [6.07, 6.45) is 3.20. The minimum Gasteiger partial charge on any atom is -0.379 e. The zero-order valence-corrected chi connectivity index (χ0v) is 17.5. The quantitative estimate of drug-likeness (QED) is 0.400. The first kappa shape index (κ1) is 21.2. The van der Waals surface area contributed by atoms with E-state index in [1.165, 1.54) is 12.3 Å². The van der Waals surface area contributed by atoms with E-state index in [1.807, 2.05) is 19.1 Å². The Morgan fingerprint density at radius 3 is 2.50 bits per heavy atom. The lowest BCUT2D eigenvalue weighted by molar-refractivity contribution is -0.120. The summed E-state index contributed by atoms with van der Waals surface area (Å²) < 4.78 is 13.3. The number of anilines is 4. The van der Waals surface area contributed by atoms with Crippen LogP contribution >= 0.6 is 0 Å². The molecule has 2 aromatic heterocycles. The highest BCUT2D eigenvalue weighted by Gasteiger charge is 2.44. The molecule has 0 bridgehead atoms. The number of carbonyl (C=O) groups excluding carboxylic acids is 2. The number of nitrogens with zero attached hydrogens (tertiary/aromatic N) is 2. The van der Waals surface area contributed by atoms with Crippen molar-refractivity contribution in [3.05, 3.63) is 71.9 Å². The lowest BCUT2D eigenvalue weighted by atomic mass is 10.1. The van der Waals surface area contributed by atoms with Crippen LogP contribution < -0.4 is 21.7 Å². The number of primary amides is 1. The molecule has 0 unspecified atom stereocenters. The van der Waals surface area contributed by atoms with Crippen LogP contribution in [0.3, 0.4) is 0 Å². The molecule has 1 fully saturated rings. The van der Waals surface area contributed by atoms with Crippen LogP contribution in [-0.4, -0.2) is 21.8 Å². The Kier molecular flexibility index (Phi) is 5.72. The summed E-state index contributed by atoms with van der Waals surface area (Å²) in [5.41, 5.74) is 7.81. The Morgan fingerprint density at radius 1 is 1.12 bits per heavy atom. The normalized spacial score (nSPS) is 13.8. The number of halogens is 1. The van der Waals surface area contributed by atoms with Crippen LogP contribution in [-0.2, 0) is 11.3 Å². The standard InChI is InChI=1S/C23H23FN6O2/c1-23(9-10-23)22(32)30-15-7-5-14(6-8-15)29-20-11-18(17(13-27-20)21(25)31)26-12-16-3-2-4-19(24)28-16/h2-8,11,13H,9-10,12H2,1H3,(H2,25,31)(H,30,32)(H2,26,27,29). The minimum atomic E-state index is -0.636. The van der Waals surface area contributed by atoms with Crippen molar-refractivity contribution in [2.45, 2.75) is 26.3 Å². The summed E-state index contributed by atoms with van der Waals surface area (Å²) in [4.78, 5) is 32.0. The molecule has 0 aliphatic heterocycles. The third-order valence-corrected chi connectivity index (χ3v) is 5.37. The minimum absolute atomic E-state index is 0.0328. The van der Waals surface area contributed by atoms with Gasteiger partial charge in [-0.3, -0.25) is 9.59 Å². The maximum atomic E-state index is 13.3. The monoisotopic (exact) mass is 434 g/mol. The van der Waals surface area contributed by atoms with Gasteiger partial charge in [-0.25, -0.2) is 9.97 Å². The Labute approximate surface area is 184 Å². The van der Waals surface area contributed by atoms with Gasteiger partial charge in [0, 0.05) is 29.1 Å². The second-order valence-electron chi connectivity index (χ2n) is 8.00.